The molecule has 2 amide bonds. The third kappa shape index (κ3) is 25.3. The Kier molecular flexibility index (Phi) is 33.4. The molecule has 0 unspecified atom stereocenters. The summed E-state index contributed by atoms with van der Waals surface area (Å²) in [6.07, 6.45) is 22.5. The van der Waals surface area contributed by atoms with E-state index in [1.807, 2.05) is 0 Å². The van der Waals surface area contributed by atoms with Crippen LogP contribution >= 0.6 is 0 Å². The number of hydrogen-bond donors (Lipinski definition) is 1. The van der Waals surface area contributed by atoms with Gasteiger partial charge in [0.25, 0.3) is 11.8 Å². The summed E-state index contributed by atoms with van der Waals surface area (Å²) in [7, 11) is -5.17. The molecule has 1 aliphatic heterocycles. The van der Waals surface area contributed by atoms with Crippen molar-refractivity contribution in [2.45, 2.75) is 165 Å². The minimum Gasteiger partial charge on any atom is -0.759 e. The minimum atomic E-state index is -5.17. The van der Waals surface area contributed by atoms with E-state index in [0.717, 1.165) is 0 Å². The zero-order valence-corrected chi connectivity index (χ0v) is 36.9. The number of hydrogen-bond acceptors (Lipinski definition) is 7. The molecule has 1 N–H and O–H groups in total. The van der Waals surface area contributed by atoms with Crippen LogP contribution in [-0.4, -0.2) is 114 Å². The lowest BCUT2D eigenvalue weighted by Gasteiger charge is -2.39. The van der Waals surface area contributed by atoms with Gasteiger partial charge < -0.3 is 23.2 Å². The first-order valence-electron chi connectivity index (χ1n) is 21.7. The van der Waals surface area contributed by atoms with Crippen LogP contribution in [0, 0.1) is 0 Å². The second kappa shape index (κ2) is 33.3. The van der Waals surface area contributed by atoms with Gasteiger partial charge in [0, 0.05) is 23.6 Å². The summed E-state index contributed by atoms with van der Waals surface area (Å²) >= 11 is 0. The summed E-state index contributed by atoms with van der Waals surface area (Å²) in [5.41, 5.74) is 0.917. The highest BCUT2D eigenvalue weighted by Crippen LogP contribution is 2.22. The molecule has 0 saturated carbocycles. The number of aliphatic hydroxyl groups excluding tert-OH is 1. The lowest BCUT2D eigenvalue weighted by molar-refractivity contribution is -0.929. The molecule has 11 heteroatoms. The first-order chi connectivity index (χ1) is 25.7. The molecule has 1 heterocycles. The van der Waals surface area contributed by atoms with E-state index in [4.69, 9.17) is 22.6 Å². The van der Waals surface area contributed by atoms with Gasteiger partial charge in [-0.15, -0.1) is 0 Å². The van der Waals surface area contributed by atoms with Gasteiger partial charge in [-0.05, 0) is 69.9 Å². The van der Waals surface area contributed by atoms with Crippen LogP contribution in [0.3, 0.4) is 0 Å². The minimum absolute atomic E-state index is 0.0204. The largest absolute Gasteiger partial charge is 0.759 e. The topological polar surface area (TPSA) is 138 Å². The fourth-order valence-electron chi connectivity index (χ4n) is 6.96. The lowest BCUT2D eigenvalue weighted by Crippen LogP contribution is -2.50. The van der Waals surface area contributed by atoms with E-state index in [9.17, 15) is 9.59 Å². The Labute approximate surface area is 332 Å². The maximum atomic E-state index is 11.7. The number of benzene rings is 1. The van der Waals surface area contributed by atoms with Crippen molar-refractivity contribution in [1.82, 2.24) is 4.90 Å². The third-order valence-electron chi connectivity index (χ3n) is 10.3. The van der Waals surface area contributed by atoms with E-state index in [0.29, 0.717) is 17.5 Å². The SMILES string of the molecule is CCCC[N+](CCCC)(CCCC)CCCC.CCCC[N+](CCCC)(CCCC)CCCC.O=C1c2ccccc2C(=O)N1CCCO.O=S(=O)([O-])[O-]. The quantitative estimate of drug-likeness (QED) is 0.0406. The molecule has 2 rings (SSSR count). The molecule has 1 aromatic rings. The normalized spacial score (nSPS) is 12.7. The number of quaternary nitrogens is 2. The number of nitrogens with zero attached hydrogens (tertiary/aromatic N) is 3. The Morgan fingerprint density at radius 3 is 0.907 bits per heavy atom. The predicted octanol–water partition coefficient (Wildman–Crippen LogP) is 9.33. The van der Waals surface area contributed by atoms with Crippen molar-refractivity contribution in [2.75, 3.05) is 65.5 Å². The Hall–Kier alpha value is -1.89. The standard InChI is InChI=1S/2C16H36N.C11H11NO3.H2O4S/c2*1-5-9-13-17(14-10-6-2,15-11-7-3)16-12-8-4;13-7-3-6-12-10(14)8-4-1-2-5-9(8)11(12)15;1-5(2,3)4/h2*5-16H2,1-4H3;1-2,4-5,13H,3,6-7H2;(H2,1,2,3,4)/q2*+1;;/p-2. The summed E-state index contributed by atoms with van der Waals surface area (Å²) in [6.45, 7) is 30.3. The van der Waals surface area contributed by atoms with Crippen molar-refractivity contribution in [3.8, 4) is 0 Å². The molecule has 318 valence electrons. The Morgan fingerprint density at radius 1 is 0.500 bits per heavy atom. The summed E-state index contributed by atoms with van der Waals surface area (Å²) in [6, 6.07) is 6.77. The van der Waals surface area contributed by atoms with Crippen LogP contribution in [-0.2, 0) is 10.4 Å². The van der Waals surface area contributed by atoms with Crippen molar-refractivity contribution in [3.63, 3.8) is 0 Å². The number of rotatable bonds is 27. The smallest absolute Gasteiger partial charge is 0.261 e. The zero-order chi connectivity index (χ0) is 41.3. The number of carbonyl (C=O) groups is 2. The zero-order valence-electron chi connectivity index (χ0n) is 36.0. The average molecular weight is 786 g/mol. The highest BCUT2D eigenvalue weighted by molar-refractivity contribution is 7.79. The van der Waals surface area contributed by atoms with Gasteiger partial charge in [-0.1, -0.05) is 119 Å². The molecule has 10 nitrogen and oxygen atoms in total. The Balaban J connectivity index is 0. The van der Waals surface area contributed by atoms with Crippen molar-refractivity contribution in [1.29, 1.82) is 0 Å². The average Bonchev–Trinajstić information content (AvgIpc) is 3.40. The van der Waals surface area contributed by atoms with E-state index in [1.165, 1.54) is 169 Å². The van der Waals surface area contributed by atoms with Crippen LogP contribution in [0.4, 0.5) is 0 Å². The van der Waals surface area contributed by atoms with Crippen LogP contribution in [0.2, 0.25) is 0 Å². The van der Waals surface area contributed by atoms with Crippen LogP contribution in [0.15, 0.2) is 24.3 Å². The number of carbonyl (C=O) groups excluding carboxylic acids is 2. The third-order valence-corrected chi connectivity index (χ3v) is 10.3. The van der Waals surface area contributed by atoms with E-state index in [-0.39, 0.29) is 25.0 Å². The molecular weight excluding hydrogens is 703 g/mol. The summed E-state index contributed by atoms with van der Waals surface area (Å²) < 4.78 is 36.9. The molecule has 0 spiro atoms. The van der Waals surface area contributed by atoms with Gasteiger partial charge in [0.1, 0.15) is 0 Å². The number of aliphatic hydroxyl groups is 1. The highest BCUT2D eigenvalue weighted by Gasteiger charge is 2.34. The Bertz CT molecular complexity index is 1030. The molecule has 0 bridgehead atoms. The van der Waals surface area contributed by atoms with E-state index in [1.54, 1.807) is 24.3 Å². The molecule has 0 aliphatic carbocycles. The van der Waals surface area contributed by atoms with Gasteiger partial charge in [-0.25, -0.2) is 0 Å². The molecule has 0 fully saturated rings. The van der Waals surface area contributed by atoms with Gasteiger partial charge in [0.2, 0.25) is 0 Å². The lowest BCUT2D eigenvalue weighted by atomic mass is 10.1. The number of amides is 2. The van der Waals surface area contributed by atoms with Crippen molar-refractivity contribution < 1.29 is 41.2 Å². The van der Waals surface area contributed by atoms with Crippen LogP contribution < -0.4 is 0 Å². The van der Waals surface area contributed by atoms with Crippen LogP contribution in [0.5, 0.6) is 0 Å². The highest BCUT2D eigenvalue weighted by atomic mass is 32.3. The summed E-state index contributed by atoms with van der Waals surface area (Å²) in [4.78, 5) is 24.7. The maximum absolute atomic E-state index is 11.7. The van der Waals surface area contributed by atoms with Crippen LogP contribution in [0.1, 0.15) is 185 Å². The van der Waals surface area contributed by atoms with Gasteiger partial charge in [0.15, 0.2) is 0 Å². The number of unbranched alkanes of at least 4 members (excludes halogenated alkanes) is 8. The van der Waals surface area contributed by atoms with Crippen molar-refractivity contribution in [2.24, 2.45) is 0 Å². The van der Waals surface area contributed by atoms with Crippen molar-refractivity contribution >= 4 is 22.2 Å². The predicted molar refractivity (Wildman–Crippen MR) is 223 cm³/mol. The van der Waals surface area contributed by atoms with Gasteiger partial charge in [-0.3, -0.25) is 22.9 Å². The summed E-state index contributed by atoms with van der Waals surface area (Å²) in [5.74, 6) is -0.520. The summed E-state index contributed by atoms with van der Waals surface area (Å²) in [5, 5.41) is 8.67. The van der Waals surface area contributed by atoms with Gasteiger partial charge in [0.05, 0.1) is 63.5 Å². The molecule has 1 aliphatic rings. The number of fused-ring (bicyclic) bond motifs is 1. The van der Waals surface area contributed by atoms with Crippen LogP contribution in [0.25, 0.3) is 0 Å². The van der Waals surface area contributed by atoms with E-state index in [2.05, 4.69) is 55.4 Å². The molecular formula is C43H83N3O7S. The first-order valence-corrected chi connectivity index (χ1v) is 23.0. The second-order valence-electron chi connectivity index (χ2n) is 15.1. The van der Waals surface area contributed by atoms with E-state index < -0.39 is 10.4 Å². The fraction of sp³-hybridized carbons (Fsp3) is 0.814. The first kappa shape index (κ1) is 54.2. The van der Waals surface area contributed by atoms with Gasteiger partial charge >= 0.3 is 0 Å². The monoisotopic (exact) mass is 786 g/mol. The molecule has 0 saturated heterocycles. The second-order valence-corrected chi connectivity index (χ2v) is 15.9. The van der Waals surface area contributed by atoms with E-state index >= 15 is 0 Å². The molecule has 0 radical (unpaired) electrons. The molecule has 0 atom stereocenters. The van der Waals surface area contributed by atoms with Gasteiger partial charge in [-0.2, -0.15) is 0 Å². The molecule has 54 heavy (non-hydrogen) atoms. The van der Waals surface area contributed by atoms with Crippen molar-refractivity contribution in [3.05, 3.63) is 35.4 Å². The Morgan fingerprint density at radius 2 is 0.722 bits per heavy atom. The number of imide groups is 1. The molecule has 0 aromatic heterocycles. The molecule has 1 aromatic carbocycles. The fourth-order valence-corrected chi connectivity index (χ4v) is 6.96. The maximum Gasteiger partial charge on any atom is 0.261 e.